The van der Waals surface area contributed by atoms with Crippen LogP contribution in [0.3, 0.4) is 0 Å². The molecule has 2 aromatic heterocycles. The van der Waals surface area contributed by atoms with E-state index in [9.17, 15) is 18.0 Å². The molecule has 0 N–H and O–H groups in total. The Morgan fingerprint density at radius 2 is 1.88 bits per heavy atom. The van der Waals surface area contributed by atoms with Gasteiger partial charge in [-0.15, -0.1) is 0 Å². The molecule has 3 rings (SSSR count). The molecule has 3 aromatic rings. The Bertz CT molecular complexity index is 1210. The molecule has 9 heteroatoms. The molecule has 0 radical (unpaired) electrons. The van der Waals surface area contributed by atoms with Gasteiger partial charge in [-0.2, -0.15) is 4.31 Å². The first-order valence-electron chi connectivity index (χ1n) is 7.78. The van der Waals surface area contributed by atoms with E-state index in [0.29, 0.717) is 0 Å². The number of nitrogens with zero attached hydrogens (tertiary/aromatic N) is 4. The summed E-state index contributed by atoms with van der Waals surface area (Å²) >= 11 is 0. The van der Waals surface area contributed by atoms with E-state index in [4.69, 9.17) is 0 Å². The molecule has 0 atom stereocenters. The number of aromatic nitrogens is 3. The number of benzene rings is 1. The lowest BCUT2D eigenvalue weighted by Gasteiger charge is -2.18. The molecule has 0 fully saturated rings. The average molecular weight is 374 g/mol. The Kier molecular flexibility index (Phi) is 4.51. The van der Waals surface area contributed by atoms with E-state index < -0.39 is 26.2 Å². The molecular weight excluding hydrogens is 356 g/mol. The second kappa shape index (κ2) is 6.50. The van der Waals surface area contributed by atoms with Gasteiger partial charge in [0, 0.05) is 45.5 Å². The zero-order chi connectivity index (χ0) is 19.1. The number of pyridine rings is 1. The number of hydrogen-bond donors (Lipinski definition) is 0. The standard InChI is InChI=1S/C17H18N4O4S/c1-19-11-15(16(22)21(3)17(19)23)26(24,25)20(2)10-12-6-7-14-13(9-12)5-4-8-18-14/h4-9,11H,10H2,1-3H3. The fraction of sp³-hybridized carbons (Fsp3) is 0.235. The van der Waals surface area contributed by atoms with Crippen LogP contribution in [0.1, 0.15) is 5.56 Å². The van der Waals surface area contributed by atoms with Crippen LogP contribution in [0.15, 0.2) is 57.2 Å². The summed E-state index contributed by atoms with van der Waals surface area (Å²) in [5, 5.41) is 0.897. The van der Waals surface area contributed by atoms with Gasteiger partial charge < -0.3 is 4.57 Å². The molecule has 0 aliphatic carbocycles. The summed E-state index contributed by atoms with van der Waals surface area (Å²) in [5.74, 6) is 0. The molecule has 0 bridgehead atoms. The second-order valence-corrected chi connectivity index (χ2v) is 8.06. The molecule has 136 valence electrons. The minimum Gasteiger partial charge on any atom is -0.302 e. The first-order valence-corrected chi connectivity index (χ1v) is 9.22. The van der Waals surface area contributed by atoms with E-state index >= 15 is 0 Å². The molecule has 0 saturated heterocycles. The van der Waals surface area contributed by atoms with E-state index in [2.05, 4.69) is 4.98 Å². The van der Waals surface area contributed by atoms with Gasteiger partial charge in [0.1, 0.15) is 0 Å². The van der Waals surface area contributed by atoms with E-state index in [1.54, 1.807) is 18.3 Å². The second-order valence-electron chi connectivity index (χ2n) is 6.04. The van der Waals surface area contributed by atoms with Crippen LogP contribution in [0, 0.1) is 0 Å². The summed E-state index contributed by atoms with van der Waals surface area (Å²) in [7, 11) is -0.0121. The van der Waals surface area contributed by atoms with E-state index in [0.717, 1.165) is 36.1 Å². The largest absolute Gasteiger partial charge is 0.330 e. The zero-order valence-corrected chi connectivity index (χ0v) is 15.4. The number of sulfonamides is 1. The fourth-order valence-corrected chi connectivity index (χ4v) is 3.99. The first kappa shape index (κ1) is 18.0. The van der Waals surface area contributed by atoms with Crippen molar-refractivity contribution in [2.75, 3.05) is 7.05 Å². The van der Waals surface area contributed by atoms with Crippen molar-refractivity contribution in [3.63, 3.8) is 0 Å². The Labute approximate surface area is 150 Å². The molecule has 0 spiro atoms. The van der Waals surface area contributed by atoms with E-state index in [-0.39, 0.29) is 6.54 Å². The van der Waals surface area contributed by atoms with Crippen molar-refractivity contribution in [1.82, 2.24) is 18.4 Å². The lowest BCUT2D eigenvalue weighted by molar-refractivity contribution is 0.463. The van der Waals surface area contributed by atoms with Crippen LogP contribution in [0.25, 0.3) is 10.9 Å². The molecule has 26 heavy (non-hydrogen) atoms. The van der Waals surface area contributed by atoms with Crippen LogP contribution < -0.4 is 11.2 Å². The van der Waals surface area contributed by atoms with Gasteiger partial charge in [0.25, 0.3) is 5.56 Å². The molecule has 1 aromatic carbocycles. The van der Waals surface area contributed by atoms with Crippen LogP contribution in [0.4, 0.5) is 0 Å². The molecule has 2 heterocycles. The van der Waals surface area contributed by atoms with E-state index in [1.165, 1.54) is 21.1 Å². The highest BCUT2D eigenvalue weighted by molar-refractivity contribution is 7.89. The molecule has 0 aliphatic rings. The number of fused-ring (bicyclic) bond motifs is 1. The van der Waals surface area contributed by atoms with Crippen LogP contribution >= 0.6 is 0 Å². The Hall–Kier alpha value is -2.78. The summed E-state index contributed by atoms with van der Waals surface area (Å²) in [5.41, 5.74) is 0.146. The molecule has 0 aliphatic heterocycles. The minimum absolute atomic E-state index is 0.0825. The fourth-order valence-electron chi connectivity index (χ4n) is 2.69. The summed E-state index contributed by atoms with van der Waals surface area (Å²) in [4.78, 5) is 27.8. The highest BCUT2D eigenvalue weighted by Gasteiger charge is 2.26. The Balaban J connectivity index is 1.99. The van der Waals surface area contributed by atoms with Crippen molar-refractivity contribution in [2.24, 2.45) is 14.1 Å². The van der Waals surface area contributed by atoms with Crippen LogP contribution in [0.2, 0.25) is 0 Å². The van der Waals surface area contributed by atoms with Gasteiger partial charge >= 0.3 is 5.69 Å². The third-order valence-corrected chi connectivity index (χ3v) is 5.96. The minimum atomic E-state index is -4.06. The van der Waals surface area contributed by atoms with Gasteiger partial charge in [-0.25, -0.2) is 13.2 Å². The molecule has 0 saturated carbocycles. The maximum atomic E-state index is 12.8. The van der Waals surface area contributed by atoms with Crippen molar-refractivity contribution >= 4 is 20.9 Å². The van der Waals surface area contributed by atoms with Crippen molar-refractivity contribution in [3.05, 3.63) is 69.1 Å². The lowest BCUT2D eigenvalue weighted by Crippen LogP contribution is -2.41. The smallest absolute Gasteiger partial charge is 0.302 e. The van der Waals surface area contributed by atoms with Gasteiger partial charge in [-0.1, -0.05) is 12.1 Å². The van der Waals surface area contributed by atoms with Crippen LogP contribution in [0.5, 0.6) is 0 Å². The Morgan fingerprint density at radius 3 is 2.62 bits per heavy atom. The van der Waals surface area contributed by atoms with E-state index in [1.807, 2.05) is 18.2 Å². The third-order valence-electron chi connectivity index (χ3n) is 4.18. The maximum absolute atomic E-state index is 12.8. The van der Waals surface area contributed by atoms with Crippen LogP contribution in [-0.4, -0.2) is 33.9 Å². The van der Waals surface area contributed by atoms with Gasteiger partial charge in [0.05, 0.1) is 5.52 Å². The van der Waals surface area contributed by atoms with Gasteiger partial charge in [-0.3, -0.25) is 14.3 Å². The summed E-state index contributed by atoms with van der Waals surface area (Å²) in [6, 6.07) is 9.16. The molecule has 0 unspecified atom stereocenters. The monoisotopic (exact) mass is 374 g/mol. The maximum Gasteiger partial charge on any atom is 0.330 e. The molecule has 8 nitrogen and oxygen atoms in total. The topological polar surface area (TPSA) is 94.3 Å². The van der Waals surface area contributed by atoms with Crippen molar-refractivity contribution in [1.29, 1.82) is 0 Å². The first-order chi connectivity index (χ1) is 12.2. The molecular formula is C17H18N4O4S. The predicted molar refractivity (Wildman–Crippen MR) is 97.3 cm³/mol. The SMILES string of the molecule is CN(Cc1ccc2ncccc2c1)S(=O)(=O)c1cn(C)c(=O)n(C)c1=O. The van der Waals surface area contributed by atoms with Gasteiger partial charge in [-0.05, 0) is 23.8 Å². The highest BCUT2D eigenvalue weighted by atomic mass is 32.2. The average Bonchev–Trinajstić information content (AvgIpc) is 2.62. The number of hydrogen-bond acceptors (Lipinski definition) is 5. The highest BCUT2D eigenvalue weighted by Crippen LogP contribution is 2.17. The zero-order valence-electron chi connectivity index (χ0n) is 14.6. The predicted octanol–water partition coefficient (Wildman–Crippen LogP) is 0.453. The quantitative estimate of drug-likeness (QED) is 0.661. The normalized spacial score (nSPS) is 12.0. The Morgan fingerprint density at radius 1 is 1.15 bits per heavy atom. The third kappa shape index (κ3) is 3.06. The van der Waals surface area contributed by atoms with Gasteiger partial charge in [0.15, 0.2) is 4.90 Å². The summed E-state index contributed by atoms with van der Waals surface area (Å²) in [6.07, 6.45) is 2.74. The summed E-state index contributed by atoms with van der Waals surface area (Å²) < 4.78 is 28.6. The molecule has 0 amide bonds. The van der Waals surface area contributed by atoms with Crippen molar-refractivity contribution in [2.45, 2.75) is 11.4 Å². The van der Waals surface area contributed by atoms with Crippen molar-refractivity contribution in [3.8, 4) is 0 Å². The number of aryl methyl sites for hydroxylation is 1. The van der Waals surface area contributed by atoms with Crippen LogP contribution in [-0.2, 0) is 30.7 Å². The number of rotatable bonds is 4. The lowest BCUT2D eigenvalue weighted by atomic mass is 10.1. The van der Waals surface area contributed by atoms with Gasteiger partial charge in [0.2, 0.25) is 10.0 Å². The summed E-state index contributed by atoms with van der Waals surface area (Å²) in [6.45, 7) is 0.0825. The van der Waals surface area contributed by atoms with Crippen molar-refractivity contribution < 1.29 is 8.42 Å².